The van der Waals surface area contributed by atoms with Crippen molar-refractivity contribution in [2.45, 2.75) is 12.3 Å². The van der Waals surface area contributed by atoms with Crippen LogP contribution in [0.15, 0.2) is 66.6 Å². The summed E-state index contributed by atoms with van der Waals surface area (Å²) in [6.45, 7) is 0.419. The van der Waals surface area contributed by atoms with E-state index in [0.29, 0.717) is 5.56 Å². The number of alkyl halides is 3. The fraction of sp³-hybridized carbons (Fsp3) is 0.200. The molecule has 0 spiro atoms. The number of carbonyl (C=O) groups excluding carboxylic acids is 2. The molecule has 2 aromatic rings. The van der Waals surface area contributed by atoms with Gasteiger partial charge in [0.05, 0.1) is 5.56 Å². The predicted molar refractivity (Wildman–Crippen MR) is 95.3 cm³/mol. The zero-order valence-corrected chi connectivity index (χ0v) is 14.9. The summed E-state index contributed by atoms with van der Waals surface area (Å²) in [5, 5.41) is 2.35. The van der Waals surface area contributed by atoms with E-state index in [1.54, 1.807) is 30.3 Å². The zero-order valence-electron chi connectivity index (χ0n) is 14.9. The molecule has 3 rings (SSSR count). The van der Waals surface area contributed by atoms with E-state index in [4.69, 9.17) is 14.2 Å². The van der Waals surface area contributed by atoms with E-state index in [-0.39, 0.29) is 24.7 Å². The first-order chi connectivity index (χ1) is 13.8. The number of amides is 1. The second kappa shape index (κ2) is 8.68. The summed E-state index contributed by atoms with van der Waals surface area (Å²) in [7, 11) is 0. The summed E-state index contributed by atoms with van der Waals surface area (Å²) < 4.78 is 54.1. The topological polar surface area (TPSA) is 73.9 Å². The SMILES string of the molecule is O=C(O[C@H](C(=O)Nc1cccc(C(F)(F)F)c1)c1ccccc1)C1=COCCO1. The molecule has 0 radical (unpaired) electrons. The number of hydrogen-bond acceptors (Lipinski definition) is 5. The van der Waals surface area contributed by atoms with Crippen LogP contribution in [-0.4, -0.2) is 25.1 Å². The van der Waals surface area contributed by atoms with Gasteiger partial charge in [-0.15, -0.1) is 0 Å². The van der Waals surface area contributed by atoms with E-state index < -0.39 is 29.7 Å². The summed E-state index contributed by atoms with van der Waals surface area (Å²) in [6, 6.07) is 12.2. The normalized spacial score (nSPS) is 14.7. The highest BCUT2D eigenvalue weighted by molar-refractivity contribution is 5.97. The van der Waals surface area contributed by atoms with Crippen LogP contribution in [0.5, 0.6) is 0 Å². The van der Waals surface area contributed by atoms with E-state index >= 15 is 0 Å². The third-order valence-corrected chi connectivity index (χ3v) is 3.87. The Kier molecular flexibility index (Phi) is 6.06. The van der Waals surface area contributed by atoms with Crippen LogP contribution in [0.25, 0.3) is 0 Å². The van der Waals surface area contributed by atoms with Crippen LogP contribution in [0, 0.1) is 0 Å². The molecule has 2 aromatic carbocycles. The molecule has 0 aromatic heterocycles. The van der Waals surface area contributed by atoms with E-state index in [9.17, 15) is 22.8 Å². The maximum atomic E-state index is 12.9. The molecule has 9 heteroatoms. The van der Waals surface area contributed by atoms with E-state index in [0.717, 1.165) is 18.4 Å². The van der Waals surface area contributed by atoms with E-state index in [2.05, 4.69) is 5.32 Å². The van der Waals surface area contributed by atoms with Gasteiger partial charge in [0.25, 0.3) is 5.91 Å². The maximum absolute atomic E-state index is 12.9. The summed E-state index contributed by atoms with van der Waals surface area (Å²) in [6.07, 6.45) is -4.89. The number of rotatable bonds is 5. The van der Waals surface area contributed by atoms with Crippen molar-refractivity contribution >= 4 is 17.6 Å². The summed E-state index contributed by atoms with van der Waals surface area (Å²) in [5.41, 5.74) is -0.664. The van der Waals surface area contributed by atoms with Crippen LogP contribution in [0.1, 0.15) is 17.2 Å². The Bertz CT molecular complexity index is 912. The molecule has 29 heavy (non-hydrogen) atoms. The van der Waals surface area contributed by atoms with Gasteiger partial charge in [-0.1, -0.05) is 36.4 Å². The lowest BCUT2D eigenvalue weighted by atomic mass is 10.1. The molecule has 0 bridgehead atoms. The predicted octanol–water partition coefficient (Wildman–Crippen LogP) is 3.82. The maximum Gasteiger partial charge on any atom is 0.416 e. The van der Waals surface area contributed by atoms with Gasteiger partial charge in [-0.05, 0) is 18.2 Å². The second-order valence-electron chi connectivity index (χ2n) is 5.97. The number of anilines is 1. The monoisotopic (exact) mass is 407 g/mol. The summed E-state index contributed by atoms with van der Waals surface area (Å²) in [5.74, 6) is -1.96. The highest BCUT2D eigenvalue weighted by Gasteiger charge is 2.32. The Morgan fingerprint density at radius 1 is 1.03 bits per heavy atom. The molecule has 0 unspecified atom stereocenters. The van der Waals surface area contributed by atoms with Gasteiger partial charge in [-0.3, -0.25) is 4.79 Å². The largest absolute Gasteiger partial charge is 0.493 e. The van der Waals surface area contributed by atoms with Crippen LogP contribution in [0.4, 0.5) is 18.9 Å². The molecule has 1 aliphatic rings. The standard InChI is InChI=1S/C20H16F3NO5/c21-20(22,23)14-7-4-8-15(11-14)24-18(25)17(13-5-2-1-3-6-13)29-19(26)16-12-27-9-10-28-16/h1-8,11-12,17H,9-10H2,(H,24,25)/t17-/m0/s1. The number of carbonyl (C=O) groups is 2. The third-order valence-electron chi connectivity index (χ3n) is 3.87. The summed E-state index contributed by atoms with van der Waals surface area (Å²) >= 11 is 0. The van der Waals surface area contributed by atoms with E-state index in [1.165, 1.54) is 12.1 Å². The lowest BCUT2D eigenvalue weighted by molar-refractivity contribution is -0.155. The molecule has 1 aliphatic heterocycles. The Hall–Kier alpha value is -3.49. The van der Waals surface area contributed by atoms with Crippen molar-refractivity contribution < 1.29 is 37.0 Å². The fourth-order valence-corrected chi connectivity index (χ4v) is 2.52. The molecule has 1 atom stereocenters. The van der Waals surface area contributed by atoms with Crippen LogP contribution >= 0.6 is 0 Å². The molecule has 0 saturated carbocycles. The first-order valence-corrected chi connectivity index (χ1v) is 8.53. The molecule has 1 N–H and O–H groups in total. The average Bonchev–Trinajstić information content (AvgIpc) is 2.72. The molecule has 1 amide bonds. The minimum absolute atomic E-state index is 0.0849. The molecule has 0 saturated heterocycles. The summed E-state index contributed by atoms with van der Waals surface area (Å²) in [4.78, 5) is 25.0. The van der Waals surface area contributed by atoms with Crippen molar-refractivity contribution in [3.8, 4) is 0 Å². The number of hydrogen-bond donors (Lipinski definition) is 1. The Morgan fingerprint density at radius 3 is 2.45 bits per heavy atom. The number of halogens is 3. The van der Waals surface area contributed by atoms with Crippen LogP contribution < -0.4 is 5.32 Å². The van der Waals surface area contributed by atoms with Crippen molar-refractivity contribution in [2.24, 2.45) is 0 Å². The van der Waals surface area contributed by atoms with Gasteiger partial charge in [0.1, 0.15) is 19.5 Å². The molecule has 0 fully saturated rings. The van der Waals surface area contributed by atoms with Crippen LogP contribution in [-0.2, 0) is 30.0 Å². The lowest BCUT2D eigenvalue weighted by Crippen LogP contribution is -2.27. The quantitative estimate of drug-likeness (QED) is 0.763. The van der Waals surface area contributed by atoms with Crippen molar-refractivity contribution in [1.29, 1.82) is 0 Å². The minimum atomic E-state index is -4.56. The highest BCUT2D eigenvalue weighted by Crippen LogP contribution is 2.31. The van der Waals surface area contributed by atoms with Gasteiger partial charge in [0.2, 0.25) is 11.9 Å². The van der Waals surface area contributed by atoms with Gasteiger partial charge >= 0.3 is 12.1 Å². The molecule has 1 heterocycles. The van der Waals surface area contributed by atoms with Gasteiger partial charge in [0, 0.05) is 11.3 Å². The number of nitrogens with one attached hydrogen (secondary N) is 1. The smallest absolute Gasteiger partial charge is 0.416 e. The first kappa shape index (κ1) is 20.2. The van der Waals surface area contributed by atoms with Gasteiger partial charge in [0.15, 0.2) is 0 Å². The highest BCUT2D eigenvalue weighted by atomic mass is 19.4. The number of ether oxygens (including phenoxy) is 3. The third kappa shape index (κ3) is 5.28. The Balaban J connectivity index is 1.81. The van der Waals surface area contributed by atoms with Gasteiger partial charge in [-0.2, -0.15) is 13.2 Å². The number of esters is 1. The Morgan fingerprint density at radius 2 is 1.79 bits per heavy atom. The first-order valence-electron chi connectivity index (χ1n) is 8.53. The van der Waals surface area contributed by atoms with Gasteiger partial charge < -0.3 is 19.5 Å². The van der Waals surface area contributed by atoms with Crippen molar-refractivity contribution in [3.63, 3.8) is 0 Å². The molecular formula is C20H16F3NO5. The van der Waals surface area contributed by atoms with Gasteiger partial charge in [-0.25, -0.2) is 4.79 Å². The molecular weight excluding hydrogens is 391 g/mol. The molecule has 152 valence electrons. The lowest BCUT2D eigenvalue weighted by Gasteiger charge is -2.20. The van der Waals surface area contributed by atoms with Crippen LogP contribution in [0.2, 0.25) is 0 Å². The molecule has 6 nitrogen and oxygen atoms in total. The zero-order chi connectivity index (χ0) is 20.9. The van der Waals surface area contributed by atoms with Crippen LogP contribution in [0.3, 0.4) is 0 Å². The Labute approximate surface area is 163 Å². The number of benzene rings is 2. The fourth-order valence-electron chi connectivity index (χ4n) is 2.52. The van der Waals surface area contributed by atoms with Crippen molar-refractivity contribution in [3.05, 3.63) is 77.7 Å². The average molecular weight is 407 g/mol. The van der Waals surface area contributed by atoms with E-state index in [1.807, 2.05) is 0 Å². The van der Waals surface area contributed by atoms with Crippen molar-refractivity contribution in [2.75, 3.05) is 18.5 Å². The van der Waals surface area contributed by atoms with Crippen molar-refractivity contribution in [1.82, 2.24) is 0 Å². The minimum Gasteiger partial charge on any atom is -0.493 e. The second-order valence-corrected chi connectivity index (χ2v) is 5.97. The molecule has 0 aliphatic carbocycles.